The molecule has 2 aromatic rings. The van der Waals surface area contributed by atoms with Gasteiger partial charge in [0, 0.05) is 49.9 Å². The Hall–Kier alpha value is -1.23. The Morgan fingerprint density at radius 2 is 1.85 bits per heavy atom. The molecule has 0 unspecified atom stereocenters. The predicted molar refractivity (Wildman–Crippen MR) is 85.2 cm³/mol. The molecule has 106 valence electrons. The fraction of sp³-hybridized carbons (Fsp3) is 0.438. The second-order valence-corrected chi connectivity index (χ2v) is 6.32. The summed E-state index contributed by atoms with van der Waals surface area (Å²) in [5, 5.41) is 3.13. The van der Waals surface area contributed by atoms with Crippen molar-refractivity contribution in [2.24, 2.45) is 0 Å². The van der Waals surface area contributed by atoms with Gasteiger partial charge in [-0.2, -0.15) is 0 Å². The molecule has 0 radical (unpaired) electrons. The summed E-state index contributed by atoms with van der Waals surface area (Å²) in [4.78, 5) is 9.31. The molecular formula is C16H21N3S. The fourth-order valence-electron chi connectivity index (χ4n) is 2.54. The van der Waals surface area contributed by atoms with Gasteiger partial charge in [-0.25, -0.2) is 4.98 Å². The zero-order valence-corrected chi connectivity index (χ0v) is 12.8. The highest BCUT2D eigenvalue weighted by molar-refractivity contribution is 7.13. The molecule has 0 atom stereocenters. The highest BCUT2D eigenvalue weighted by Crippen LogP contribution is 2.22. The number of hydrogen-bond acceptors (Lipinski definition) is 4. The van der Waals surface area contributed by atoms with Crippen LogP contribution in [-0.4, -0.2) is 54.6 Å². The highest BCUT2D eigenvalue weighted by Gasteiger charge is 2.13. The third-order valence-corrected chi connectivity index (χ3v) is 4.77. The van der Waals surface area contributed by atoms with Gasteiger partial charge in [0.2, 0.25) is 0 Å². The number of hydrogen-bond donors (Lipinski definition) is 0. The Morgan fingerprint density at radius 3 is 2.50 bits per heavy atom. The van der Waals surface area contributed by atoms with Crippen LogP contribution in [0.15, 0.2) is 35.8 Å². The van der Waals surface area contributed by atoms with Crippen molar-refractivity contribution < 1.29 is 0 Å². The van der Waals surface area contributed by atoms with Crippen molar-refractivity contribution in [2.45, 2.75) is 6.42 Å². The summed E-state index contributed by atoms with van der Waals surface area (Å²) in [5.41, 5.74) is 2.65. The van der Waals surface area contributed by atoms with E-state index in [0.29, 0.717) is 0 Å². The third kappa shape index (κ3) is 3.45. The van der Waals surface area contributed by atoms with Gasteiger partial charge in [-0.1, -0.05) is 24.3 Å². The van der Waals surface area contributed by atoms with Crippen LogP contribution in [0.25, 0.3) is 10.6 Å². The van der Waals surface area contributed by atoms with Crippen LogP contribution in [0.5, 0.6) is 0 Å². The van der Waals surface area contributed by atoms with E-state index in [4.69, 9.17) is 0 Å². The maximum atomic E-state index is 4.35. The van der Waals surface area contributed by atoms with E-state index in [1.807, 2.05) is 11.6 Å². The minimum absolute atomic E-state index is 1.11. The highest BCUT2D eigenvalue weighted by atomic mass is 32.1. The zero-order valence-electron chi connectivity index (χ0n) is 12.0. The lowest BCUT2D eigenvalue weighted by atomic mass is 10.1. The van der Waals surface area contributed by atoms with E-state index in [0.717, 1.165) is 11.4 Å². The normalized spacial score (nSPS) is 17.4. The van der Waals surface area contributed by atoms with Gasteiger partial charge in [0.1, 0.15) is 5.01 Å². The molecule has 1 saturated heterocycles. The second-order valence-electron chi connectivity index (χ2n) is 5.43. The van der Waals surface area contributed by atoms with Gasteiger partial charge in [0.25, 0.3) is 0 Å². The van der Waals surface area contributed by atoms with Crippen molar-refractivity contribution in [1.29, 1.82) is 0 Å². The molecule has 0 N–H and O–H groups in total. The number of benzene rings is 1. The SMILES string of the molecule is CN1CCN(CCc2ccc(-c3nccs3)cc2)CC1. The topological polar surface area (TPSA) is 19.4 Å². The monoisotopic (exact) mass is 287 g/mol. The number of rotatable bonds is 4. The van der Waals surface area contributed by atoms with Crippen LogP contribution >= 0.6 is 11.3 Å². The van der Waals surface area contributed by atoms with E-state index >= 15 is 0 Å². The second kappa shape index (κ2) is 6.48. The Morgan fingerprint density at radius 1 is 1.10 bits per heavy atom. The minimum Gasteiger partial charge on any atom is -0.304 e. The van der Waals surface area contributed by atoms with Crippen LogP contribution in [0, 0.1) is 0 Å². The summed E-state index contributed by atoms with van der Waals surface area (Å²) in [6.07, 6.45) is 3.00. The van der Waals surface area contributed by atoms with Gasteiger partial charge in [-0.15, -0.1) is 11.3 Å². The van der Waals surface area contributed by atoms with E-state index in [1.54, 1.807) is 11.3 Å². The first-order chi connectivity index (χ1) is 9.81. The molecule has 0 amide bonds. The molecule has 4 heteroatoms. The molecule has 1 aromatic carbocycles. The van der Waals surface area contributed by atoms with Gasteiger partial charge < -0.3 is 9.80 Å². The molecule has 0 aliphatic carbocycles. The molecule has 0 bridgehead atoms. The summed E-state index contributed by atoms with van der Waals surface area (Å²) in [5.74, 6) is 0. The first-order valence-electron chi connectivity index (χ1n) is 7.21. The number of aromatic nitrogens is 1. The van der Waals surface area contributed by atoms with E-state index < -0.39 is 0 Å². The first-order valence-corrected chi connectivity index (χ1v) is 8.09. The first kappa shape index (κ1) is 13.7. The van der Waals surface area contributed by atoms with E-state index in [-0.39, 0.29) is 0 Å². The van der Waals surface area contributed by atoms with E-state index in [1.165, 1.54) is 43.9 Å². The Balaban J connectivity index is 1.53. The molecular weight excluding hydrogens is 266 g/mol. The van der Waals surface area contributed by atoms with E-state index in [2.05, 4.69) is 46.1 Å². The molecule has 1 aromatic heterocycles. The lowest BCUT2D eigenvalue weighted by Gasteiger charge is -2.32. The summed E-state index contributed by atoms with van der Waals surface area (Å²) in [6, 6.07) is 8.87. The lowest BCUT2D eigenvalue weighted by Crippen LogP contribution is -2.45. The van der Waals surface area contributed by atoms with Crippen LogP contribution < -0.4 is 0 Å². The Labute approximate surface area is 124 Å². The fourth-order valence-corrected chi connectivity index (χ4v) is 3.18. The molecule has 1 aliphatic heterocycles. The number of nitrogens with zero attached hydrogens (tertiary/aromatic N) is 3. The summed E-state index contributed by atoms with van der Waals surface area (Å²) >= 11 is 1.69. The zero-order chi connectivity index (χ0) is 13.8. The summed E-state index contributed by atoms with van der Waals surface area (Å²) in [7, 11) is 2.20. The van der Waals surface area contributed by atoms with Crippen LogP contribution in [0.1, 0.15) is 5.56 Å². The number of likely N-dealkylation sites (N-methyl/N-ethyl adjacent to an activating group) is 1. The summed E-state index contributed by atoms with van der Waals surface area (Å²) in [6.45, 7) is 5.97. The lowest BCUT2D eigenvalue weighted by molar-refractivity contribution is 0.155. The molecule has 3 rings (SSSR count). The molecule has 1 fully saturated rings. The van der Waals surface area contributed by atoms with Crippen molar-refractivity contribution in [3.05, 3.63) is 41.4 Å². The average Bonchev–Trinajstić information content (AvgIpc) is 3.01. The largest absolute Gasteiger partial charge is 0.304 e. The van der Waals surface area contributed by atoms with Gasteiger partial charge in [-0.05, 0) is 19.0 Å². The number of piperazine rings is 1. The van der Waals surface area contributed by atoms with Gasteiger partial charge in [0.15, 0.2) is 0 Å². The standard InChI is InChI=1S/C16H21N3S/c1-18-9-11-19(12-10-18)8-6-14-2-4-15(5-3-14)16-17-7-13-20-16/h2-5,7,13H,6,8-12H2,1H3. The van der Waals surface area contributed by atoms with Crippen molar-refractivity contribution >= 4 is 11.3 Å². The van der Waals surface area contributed by atoms with Crippen LogP contribution in [0.3, 0.4) is 0 Å². The molecule has 3 nitrogen and oxygen atoms in total. The third-order valence-electron chi connectivity index (χ3n) is 3.95. The van der Waals surface area contributed by atoms with Gasteiger partial charge in [0.05, 0.1) is 0 Å². The smallest absolute Gasteiger partial charge is 0.123 e. The van der Waals surface area contributed by atoms with Crippen molar-refractivity contribution in [1.82, 2.24) is 14.8 Å². The van der Waals surface area contributed by atoms with E-state index in [9.17, 15) is 0 Å². The number of thiazole rings is 1. The maximum absolute atomic E-state index is 4.35. The van der Waals surface area contributed by atoms with Crippen LogP contribution in [0.2, 0.25) is 0 Å². The predicted octanol–water partition coefficient (Wildman–Crippen LogP) is 2.60. The van der Waals surface area contributed by atoms with Crippen molar-refractivity contribution in [3.63, 3.8) is 0 Å². The molecule has 2 heterocycles. The molecule has 20 heavy (non-hydrogen) atoms. The molecule has 0 spiro atoms. The summed E-state index contributed by atoms with van der Waals surface area (Å²) < 4.78 is 0. The average molecular weight is 287 g/mol. The van der Waals surface area contributed by atoms with Crippen LogP contribution in [0.4, 0.5) is 0 Å². The van der Waals surface area contributed by atoms with Crippen molar-refractivity contribution in [3.8, 4) is 10.6 Å². The molecule has 0 saturated carbocycles. The minimum atomic E-state index is 1.11. The Bertz CT molecular complexity index is 513. The Kier molecular flexibility index (Phi) is 4.45. The van der Waals surface area contributed by atoms with Gasteiger partial charge >= 0.3 is 0 Å². The van der Waals surface area contributed by atoms with Crippen molar-refractivity contribution in [2.75, 3.05) is 39.8 Å². The van der Waals surface area contributed by atoms with Crippen LogP contribution in [-0.2, 0) is 6.42 Å². The van der Waals surface area contributed by atoms with Gasteiger partial charge in [-0.3, -0.25) is 0 Å². The maximum Gasteiger partial charge on any atom is 0.123 e. The quantitative estimate of drug-likeness (QED) is 0.861. The molecule has 1 aliphatic rings.